The molecule has 0 N–H and O–H groups in total. The molecule has 2 aromatic heterocycles. The van der Waals surface area contributed by atoms with Crippen molar-refractivity contribution in [2.75, 3.05) is 0 Å². The summed E-state index contributed by atoms with van der Waals surface area (Å²) in [7, 11) is 0. The van der Waals surface area contributed by atoms with E-state index < -0.39 is 0 Å². The summed E-state index contributed by atoms with van der Waals surface area (Å²) in [6, 6.07) is 75.3. The summed E-state index contributed by atoms with van der Waals surface area (Å²) in [5.74, 6) is 1.72. The third-order valence-electron chi connectivity index (χ3n) is 12.7. The molecular formula is C59H35N3O. The van der Waals surface area contributed by atoms with Crippen molar-refractivity contribution in [1.29, 1.82) is 0 Å². The van der Waals surface area contributed by atoms with Gasteiger partial charge in [-0.25, -0.2) is 15.0 Å². The lowest BCUT2D eigenvalue weighted by Gasteiger charge is -2.17. The van der Waals surface area contributed by atoms with Crippen molar-refractivity contribution in [3.63, 3.8) is 0 Å². The number of nitrogens with zero attached hydrogens (tertiary/aromatic N) is 3. The molecule has 13 aromatic rings. The van der Waals surface area contributed by atoms with Crippen LogP contribution < -0.4 is 0 Å². The Morgan fingerprint density at radius 1 is 0.270 bits per heavy atom. The average molecular weight is 802 g/mol. The zero-order valence-electron chi connectivity index (χ0n) is 34.0. The molecule has 0 radical (unpaired) electrons. The third-order valence-corrected chi connectivity index (χ3v) is 12.7. The monoisotopic (exact) mass is 801 g/mol. The summed E-state index contributed by atoms with van der Waals surface area (Å²) in [5, 5.41) is 13.9. The molecular weight excluding hydrogens is 767 g/mol. The second-order valence-electron chi connectivity index (χ2n) is 16.3. The zero-order valence-corrected chi connectivity index (χ0v) is 34.0. The molecule has 0 fully saturated rings. The van der Waals surface area contributed by atoms with E-state index in [4.69, 9.17) is 19.4 Å². The van der Waals surface area contributed by atoms with Crippen LogP contribution in [0.15, 0.2) is 217 Å². The number of benzene rings is 11. The van der Waals surface area contributed by atoms with E-state index in [9.17, 15) is 0 Å². The average Bonchev–Trinajstić information content (AvgIpc) is 3.74. The molecule has 0 spiro atoms. The summed E-state index contributed by atoms with van der Waals surface area (Å²) >= 11 is 0. The Labute approximate surface area is 362 Å². The van der Waals surface area contributed by atoms with E-state index in [1.165, 1.54) is 43.1 Å². The van der Waals surface area contributed by atoms with Crippen molar-refractivity contribution in [1.82, 2.24) is 15.0 Å². The first kappa shape index (κ1) is 35.3. The van der Waals surface area contributed by atoms with Gasteiger partial charge in [0.25, 0.3) is 0 Å². The maximum absolute atomic E-state index is 6.63. The molecule has 0 aliphatic carbocycles. The molecule has 11 aromatic carbocycles. The smallest absolute Gasteiger partial charge is 0.167 e. The quantitative estimate of drug-likeness (QED) is 0.163. The number of hydrogen-bond acceptors (Lipinski definition) is 4. The van der Waals surface area contributed by atoms with E-state index in [1.54, 1.807) is 0 Å². The maximum Gasteiger partial charge on any atom is 0.167 e. The highest BCUT2D eigenvalue weighted by Crippen LogP contribution is 2.44. The van der Waals surface area contributed by atoms with Gasteiger partial charge in [0, 0.05) is 21.9 Å². The van der Waals surface area contributed by atoms with Crippen molar-refractivity contribution in [3.8, 4) is 56.4 Å². The van der Waals surface area contributed by atoms with Gasteiger partial charge in [-0.3, -0.25) is 0 Å². The van der Waals surface area contributed by atoms with Gasteiger partial charge in [0.15, 0.2) is 17.5 Å². The molecule has 2 heterocycles. The largest absolute Gasteiger partial charge is 0.455 e. The Bertz CT molecular complexity index is 4000. The van der Waals surface area contributed by atoms with E-state index in [-0.39, 0.29) is 0 Å². The van der Waals surface area contributed by atoms with E-state index in [0.717, 1.165) is 71.7 Å². The van der Waals surface area contributed by atoms with Gasteiger partial charge in [-0.2, -0.15) is 0 Å². The van der Waals surface area contributed by atoms with Crippen LogP contribution in [0.3, 0.4) is 0 Å². The molecule has 0 saturated heterocycles. The number of rotatable bonds is 5. The van der Waals surface area contributed by atoms with Crippen LogP contribution in [-0.2, 0) is 0 Å². The summed E-state index contributed by atoms with van der Waals surface area (Å²) in [6.07, 6.45) is 0. The fourth-order valence-electron chi connectivity index (χ4n) is 9.79. The molecule has 0 unspecified atom stereocenters. The van der Waals surface area contributed by atoms with E-state index in [1.807, 2.05) is 18.2 Å². The van der Waals surface area contributed by atoms with Crippen molar-refractivity contribution in [3.05, 3.63) is 212 Å². The molecule has 292 valence electrons. The van der Waals surface area contributed by atoms with Gasteiger partial charge in [0.2, 0.25) is 0 Å². The number of furan rings is 1. The van der Waals surface area contributed by atoms with Crippen LogP contribution in [-0.4, -0.2) is 15.0 Å². The van der Waals surface area contributed by atoms with Crippen LogP contribution >= 0.6 is 0 Å². The van der Waals surface area contributed by atoms with Gasteiger partial charge in [0.05, 0.1) is 5.56 Å². The van der Waals surface area contributed by atoms with Crippen molar-refractivity contribution in [2.45, 2.75) is 0 Å². The second-order valence-corrected chi connectivity index (χ2v) is 16.3. The fourth-order valence-corrected chi connectivity index (χ4v) is 9.79. The van der Waals surface area contributed by atoms with Crippen LogP contribution in [0.25, 0.3) is 132 Å². The van der Waals surface area contributed by atoms with Crippen LogP contribution in [0.2, 0.25) is 0 Å². The van der Waals surface area contributed by atoms with Gasteiger partial charge >= 0.3 is 0 Å². The highest BCUT2D eigenvalue weighted by molar-refractivity contribution is 6.17. The molecule has 0 amide bonds. The number of para-hydroxylation sites is 2. The Morgan fingerprint density at radius 2 is 0.794 bits per heavy atom. The first-order chi connectivity index (χ1) is 31.2. The maximum atomic E-state index is 6.63. The van der Waals surface area contributed by atoms with Crippen molar-refractivity contribution >= 4 is 75.8 Å². The van der Waals surface area contributed by atoms with Crippen LogP contribution in [0.1, 0.15) is 0 Å². The lowest BCUT2D eigenvalue weighted by Crippen LogP contribution is -2.02. The molecule has 4 heteroatoms. The van der Waals surface area contributed by atoms with Gasteiger partial charge in [-0.15, -0.1) is 0 Å². The lowest BCUT2D eigenvalue weighted by atomic mass is 9.88. The Morgan fingerprint density at radius 3 is 1.54 bits per heavy atom. The number of aromatic nitrogens is 3. The van der Waals surface area contributed by atoms with Crippen LogP contribution in [0.5, 0.6) is 0 Å². The predicted molar refractivity (Wildman–Crippen MR) is 262 cm³/mol. The Kier molecular flexibility index (Phi) is 7.87. The summed E-state index contributed by atoms with van der Waals surface area (Å²) < 4.78 is 6.63. The highest BCUT2D eigenvalue weighted by atomic mass is 16.3. The topological polar surface area (TPSA) is 51.8 Å². The fraction of sp³-hybridized carbons (Fsp3) is 0. The highest BCUT2D eigenvalue weighted by Gasteiger charge is 2.23. The van der Waals surface area contributed by atoms with Gasteiger partial charge in [0.1, 0.15) is 11.2 Å². The minimum atomic E-state index is 0.545. The standard InChI is InChI=1S/C59H35N3O/c1-6-22-43-36(15-1)31-32-49(53-35-39-17-3-5-21-42(39)45-24-8-10-26-47(45)53)55(43)59-61-57(60-58(62-59)51-29-14-28-50-48-27-11-12-30-54(48)63-56(50)51)40-19-13-18-37(33-40)52-34-38-16-2-4-20-41(38)44-23-7-9-25-46(44)52/h1-35H. The molecule has 13 rings (SSSR count). The second kappa shape index (κ2) is 14.1. The van der Waals surface area contributed by atoms with Crippen molar-refractivity contribution < 1.29 is 4.42 Å². The van der Waals surface area contributed by atoms with E-state index >= 15 is 0 Å². The van der Waals surface area contributed by atoms with E-state index in [2.05, 4.69) is 194 Å². The van der Waals surface area contributed by atoms with E-state index in [0.29, 0.717) is 17.5 Å². The summed E-state index contributed by atoms with van der Waals surface area (Å²) in [6.45, 7) is 0. The Hall–Kier alpha value is -8.47. The first-order valence-electron chi connectivity index (χ1n) is 21.3. The van der Waals surface area contributed by atoms with Crippen LogP contribution in [0, 0.1) is 0 Å². The molecule has 0 bridgehead atoms. The molecule has 0 aliphatic heterocycles. The molecule has 63 heavy (non-hydrogen) atoms. The summed E-state index contributed by atoms with van der Waals surface area (Å²) in [4.78, 5) is 16.3. The Balaban J connectivity index is 1.10. The number of hydrogen-bond donors (Lipinski definition) is 0. The molecule has 4 nitrogen and oxygen atoms in total. The zero-order chi connectivity index (χ0) is 41.4. The molecule has 0 saturated carbocycles. The molecule has 0 atom stereocenters. The minimum absolute atomic E-state index is 0.545. The SMILES string of the molecule is c1cc(-c2nc(-c3c(-c4cc5ccccc5c5ccccc45)ccc4ccccc34)nc(-c3cccc4c3oc3ccccc34)n2)cc(-c2cc3ccccc3c3ccccc23)c1. The normalized spacial score (nSPS) is 11.8. The first-order valence-corrected chi connectivity index (χ1v) is 21.3. The number of fused-ring (bicyclic) bond motifs is 10. The third kappa shape index (κ3) is 5.66. The van der Waals surface area contributed by atoms with Crippen molar-refractivity contribution in [2.24, 2.45) is 0 Å². The van der Waals surface area contributed by atoms with Crippen LogP contribution in [0.4, 0.5) is 0 Å². The molecule has 0 aliphatic rings. The van der Waals surface area contributed by atoms with Gasteiger partial charge in [-0.05, 0) is 106 Å². The van der Waals surface area contributed by atoms with Gasteiger partial charge in [-0.1, -0.05) is 182 Å². The minimum Gasteiger partial charge on any atom is -0.455 e. The van der Waals surface area contributed by atoms with Gasteiger partial charge < -0.3 is 4.42 Å². The predicted octanol–water partition coefficient (Wildman–Crippen LogP) is 15.9. The summed E-state index contributed by atoms with van der Waals surface area (Å²) in [5.41, 5.74) is 8.65. The lowest BCUT2D eigenvalue weighted by molar-refractivity contribution is 0.669.